The third kappa shape index (κ3) is 3.20. The predicted octanol–water partition coefficient (Wildman–Crippen LogP) is 2.53. The minimum absolute atomic E-state index is 0.0342. The van der Waals surface area contributed by atoms with Gasteiger partial charge in [0.25, 0.3) is 0 Å². The number of rotatable bonds is 5. The van der Waals surface area contributed by atoms with E-state index in [2.05, 4.69) is 0 Å². The maximum absolute atomic E-state index is 11.9. The number of halogens is 1. The van der Waals surface area contributed by atoms with Gasteiger partial charge in [-0.15, -0.1) is 0 Å². The molecule has 0 saturated heterocycles. The van der Waals surface area contributed by atoms with Crippen LogP contribution in [0.3, 0.4) is 0 Å². The monoisotopic (exact) mass is 212 g/mol. The van der Waals surface area contributed by atoms with Gasteiger partial charge in [-0.05, 0) is 30.5 Å². The molecular weight excluding hydrogens is 195 g/mol. The Bertz CT molecular complexity index is 300. The van der Waals surface area contributed by atoms with Crippen molar-refractivity contribution in [3.8, 4) is 5.75 Å². The van der Waals surface area contributed by atoms with E-state index >= 15 is 0 Å². The Balaban J connectivity index is 2.79. The molecule has 0 atom stereocenters. The van der Waals surface area contributed by atoms with Gasteiger partial charge in [-0.1, -0.05) is 12.1 Å². The van der Waals surface area contributed by atoms with Crippen molar-refractivity contribution in [1.82, 2.24) is 0 Å². The van der Waals surface area contributed by atoms with Gasteiger partial charge in [-0.25, -0.2) is 0 Å². The lowest BCUT2D eigenvalue weighted by molar-refractivity contribution is 0.278. The molecule has 3 heteroatoms. The molecule has 0 aromatic heterocycles. The van der Waals surface area contributed by atoms with E-state index in [9.17, 15) is 4.39 Å². The third-order valence-electron chi connectivity index (χ3n) is 2.23. The molecule has 0 saturated carbocycles. The zero-order chi connectivity index (χ0) is 11.3. The molecule has 0 heterocycles. The average Bonchev–Trinajstić information content (AvgIpc) is 2.22. The first kappa shape index (κ1) is 12.0. The maximum atomic E-state index is 11.9. The summed E-state index contributed by atoms with van der Waals surface area (Å²) < 4.78 is 17.4. The van der Waals surface area contributed by atoms with Crippen LogP contribution in [0.25, 0.3) is 0 Å². The number of alkyl halides is 1. The van der Waals surface area contributed by atoms with Crippen molar-refractivity contribution in [3.63, 3.8) is 0 Å². The summed E-state index contributed by atoms with van der Waals surface area (Å²) in [4.78, 5) is 0. The van der Waals surface area contributed by atoms with Crippen LogP contribution in [0.2, 0.25) is 0 Å². The highest BCUT2D eigenvalue weighted by atomic mass is 19.1. The van der Waals surface area contributed by atoms with Gasteiger partial charge in [0.05, 0.1) is 19.9 Å². The number of aliphatic hydroxyl groups is 1. The predicted molar refractivity (Wildman–Crippen MR) is 57.9 cm³/mol. The van der Waals surface area contributed by atoms with Crippen molar-refractivity contribution >= 4 is 0 Å². The summed E-state index contributed by atoms with van der Waals surface area (Å²) in [5, 5.41) is 9.00. The van der Waals surface area contributed by atoms with Crippen LogP contribution in [0.1, 0.15) is 23.1 Å². The first-order valence-electron chi connectivity index (χ1n) is 5.08. The molecule has 84 valence electrons. The van der Waals surface area contributed by atoms with E-state index < -0.39 is 0 Å². The molecule has 0 fully saturated rings. The Labute approximate surface area is 89.7 Å². The Morgan fingerprint density at radius 2 is 1.87 bits per heavy atom. The van der Waals surface area contributed by atoms with E-state index in [-0.39, 0.29) is 13.3 Å². The first-order chi connectivity index (χ1) is 7.19. The minimum atomic E-state index is -0.354. The Kier molecular flexibility index (Phi) is 4.56. The quantitative estimate of drug-likeness (QED) is 0.760. The summed E-state index contributed by atoms with van der Waals surface area (Å²) in [6, 6.07) is 3.77. The summed E-state index contributed by atoms with van der Waals surface area (Å²) >= 11 is 0. The summed E-state index contributed by atoms with van der Waals surface area (Å²) in [6.07, 6.45) is 0.417. The van der Waals surface area contributed by atoms with E-state index in [4.69, 9.17) is 9.84 Å². The van der Waals surface area contributed by atoms with Crippen LogP contribution >= 0.6 is 0 Å². The van der Waals surface area contributed by atoms with E-state index in [1.165, 1.54) is 0 Å². The van der Waals surface area contributed by atoms with Crippen LogP contribution in [0.5, 0.6) is 5.75 Å². The van der Waals surface area contributed by atoms with Gasteiger partial charge in [0.15, 0.2) is 0 Å². The highest BCUT2D eigenvalue weighted by molar-refractivity contribution is 5.43. The second-order valence-electron chi connectivity index (χ2n) is 3.61. The van der Waals surface area contributed by atoms with Crippen molar-refractivity contribution in [1.29, 1.82) is 0 Å². The molecule has 1 aromatic rings. The number of hydrogen-bond donors (Lipinski definition) is 1. The van der Waals surface area contributed by atoms with Crippen LogP contribution in [0.15, 0.2) is 12.1 Å². The molecule has 1 N–H and O–H groups in total. The zero-order valence-corrected chi connectivity index (χ0v) is 9.22. The van der Waals surface area contributed by atoms with Gasteiger partial charge in [0.1, 0.15) is 5.75 Å². The highest BCUT2D eigenvalue weighted by Gasteiger charge is 2.05. The normalized spacial score (nSPS) is 10.4. The van der Waals surface area contributed by atoms with E-state index in [0.29, 0.717) is 13.0 Å². The lowest BCUT2D eigenvalue weighted by Crippen LogP contribution is -2.02. The van der Waals surface area contributed by atoms with Crippen LogP contribution < -0.4 is 4.74 Å². The van der Waals surface area contributed by atoms with Crippen molar-refractivity contribution < 1.29 is 14.2 Å². The van der Waals surface area contributed by atoms with E-state index in [1.807, 2.05) is 26.0 Å². The van der Waals surface area contributed by atoms with E-state index in [0.717, 1.165) is 22.4 Å². The molecule has 0 aliphatic carbocycles. The summed E-state index contributed by atoms with van der Waals surface area (Å²) in [5.41, 5.74) is 2.85. The van der Waals surface area contributed by atoms with Gasteiger partial charge in [0, 0.05) is 6.42 Å². The lowest BCUT2D eigenvalue weighted by atomic mass is 10.1. The van der Waals surface area contributed by atoms with Crippen molar-refractivity contribution in [2.45, 2.75) is 26.9 Å². The second kappa shape index (κ2) is 5.71. The Morgan fingerprint density at radius 3 is 2.33 bits per heavy atom. The molecule has 0 unspecified atom stereocenters. The molecular formula is C12H17FO2. The molecule has 2 nitrogen and oxygen atoms in total. The topological polar surface area (TPSA) is 29.5 Å². The van der Waals surface area contributed by atoms with Crippen molar-refractivity contribution in [2.75, 3.05) is 13.3 Å². The van der Waals surface area contributed by atoms with Crippen molar-refractivity contribution in [2.24, 2.45) is 0 Å². The van der Waals surface area contributed by atoms with Crippen molar-refractivity contribution in [3.05, 3.63) is 28.8 Å². The standard InChI is InChI=1S/C12H17FO2/c1-9-6-11(8-14)7-10(2)12(9)15-5-3-4-13/h6-7,14H,3-5,8H2,1-2H3. The zero-order valence-electron chi connectivity index (χ0n) is 9.22. The summed E-state index contributed by atoms with van der Waals surface area (Å²) in [7, 11) is 0. The molecule has 0 bridgehead atoms. The third-order valence-corrected chi connectivity index (χ3v) is 2.23. The van der Waals surface area contributed by atoms with Gasteiger partial charge < -0.3 is 9.84 Å². The molecule has 1 aromatic carbocycles. The Morgan fingerprint density at radius 1 is 1.27 bits per heavy atom. The number of benzene rings is 1. The van der Waals surface area contributed by atoms with Crippen LogP contribution in [0.4, 0.5) is 4.39 Å². The van der Waals surface area contributed by atoms with Gasteiger partial charge >= 0.3 is 0 Å². The molecule has 0 radical (unpaired) electrons. The number of aliphatic hydroxyl groups excluding tert-OH is 1. The fourth-order valence-electron chi connectivity index (χ4n) is 1.59. The SMILES string of the molecule is Cc1cc(CO)cc(C)c1OCCCF. The summed E-state index contributed by atoms with van der Waals surface area (Å²) in [6.45, 7) is 3.93. The van der Waals surface area contributed by atoms with E-state index in [1.54, 1.807) is 0 Å². The van der Waals surface area contributed by atoms with Crippen LogP contribution in [0, 0.1) is 13.8 Å². The molecule has 0 aliphatic heterocycles. The number of ether oxygens (including phenoxy) is 1. The van der Waals surface area contributed by atoms with Gasteiger partial charge in [-0.2, -0.15) is 0 Å². The lowest BCUT2D eigenvalue weighted by Gasteiger charge is -2.12. The highest BCUT2D eigenvalue weighted by Crippen LogP contribution is 2.24. The number of aryl methyl sites for hydroxylation is 2. The van der Waals surface area contributed by atoms with Gasteiger partial charge in [-0.3, -0.25) is 4.39 Å². The van der Waals surface area contributed by atoms with Gasteiger partial charge in [0.2, 0.25) is 0 Å². The Hall–Kier alpha value is -1.09. The minimum Gasteiger partial charge on any atom is -0.493 e. The molecule has 15 heavy (non-hydrogen) atoms. The summed E-state index contributed by atoms with van der Waals surface area (Å²) in [5.74, 6) is 0.806. The largest absolute Gasteiger partial charge is 0.493 e. The first-order valence-corrected chi connectivity index (χ1v) is 5.08. The second-order valence-corrected chi connectivity index (χ2v) is 3.61. The smallest absolute Gasteiger partial charge is 0.125 e. The molecule has 0 spiro atoms. The fourth-order valence-corrected chi connectivity index (χ4v) is 1.59. The van der Waals surface area contributed by atoms with Crippen LogP contribution in [-0.4, -0.2) is 18.4 Å². The van der Waals surface area contributed by atoms with Crippen LogP contribution in [-0.2, 0) is 6.61 Å². The fraction of sp³-hybridized carbons (Fsp3) is 0.500. The maximum Gasteiger partial charge on any atom is 0.125 e. The average molecular weight is 212 g/mol. The molecule has 1 rings (SSSR count). The molecule has 0 aliphatic rings. The molecule has 0 amide bonds. The number of hydrogen-bond acceptors (Lipinski definition) is 2.